The van der Waals surface area contributed by atoms with Gasteiger partial charge in [0.2, 0.25) is 0 Å². The number of carbonyl (C=O) groups is 3. The zero-order chi connectivity index (χ0) is 26.0. The van der Waals surface area contributed by atoms with Crippen molar-refractivity contribution in [1.82, 2.24) is 0 Å². The fraction of sp³-hybridized carbons (Fsp3) is 0.815. The molecule has 3 atom stereocenters. The molecule has 0 aromatic carbocycles. The average molecular weight is 485 g/mol. The van der Waals surface area contributed by atoms with Crippen LogP contribution in [0.15, 0.2) is 12.2 Å². The van der Waals surface area contributed by atoms with Crippen LogP contribution in [0, 0.1) is 0 Å². The third-order valence-corrected chi connectivity index (χ3v) is 7.29. The van der Waals surface area contributed by atoms with Gasteiger partial charge in [0.25, 0.3) is 0 Å². The molecular formula is C27H50NO6+. The van der Waals surface area contributed by atoms with E-state index in [9.17, 15) is 29.7 Å². The zero-order valence-electron chi connectivity index (χ0n) is 22.0. The second-order valence-corrected chi connectivity index (χ2v) is 9.70. The van der Waals surface area contributed by atoms with E-state index in [-0.39, 0.29) is 6.54 Å². The number of carboxylic acids is 3. The molecule has 0 fully saturated rings. The minimum atomic E-state index is -1.19. The van der Waals surface area contributed by atoms with Crippen LogP contribution in [0.2, 0.25) is 0 Å². The normalized spacial score (nSPS) is 16.1. The highest BCUT2D eigenvalue weighted by molar-refractivity contribution is 5.77. The van der Waals surface area contributed by atoms with Crippen LogP contribution in [0.3, 0.4) is 0 Å². The highest BCUT2D eigenvalue weighted by atomic mass is 16.4. The summed E-state index contributed by atoms with van der Waals surface area (Å²) in [4.78, 5) is 35.3. The number of hydrogen-bond donors (Lipinski definition) is 3. The Morgan fingerprint density at radius 1 is 0.588 bits per heavy atom. The molecule has 0 aromatic rings. The summed E-state index contributed by atoms with van der Waals surface area (Å²) in [6, 6.07) is -3.42. The van der Waals surface area contributed by atoms with Crippen LogP contribution in [-0.2, 0) is 14.4 Å². The first-order chi connectivity index (χ1) is 16.1. The van der Waals surface area contributed by atoms with Crippen molar-refractivity contribution < 1.29 is 34.2 Å². The van der Waals surface area contributed by atoms with Crippen molar-refractivity contribution in [3.05, 3.63) is 12.2 Å². The van der Waals surface area contributed by atoms with E-state index >= 15 is 0 Å². The minimum Gasteiger partial charge on any atom is -0.477 e. The predicted octanol–water partition coefficient (Wildman–Crippen LogP) is 6.26. The number of quaternary nitrogens is 1. The molecule has 34 heavy (non-hydrogen) atoms. The van der Waals surface area contributed by atoms with Gasteiger partial charge in [-0.25, -0.2) is 14.4 Å². The van der Waals surface area contributed by atoms with Gasteiger partial charge in [0.15, 0.2) is 18.1 Å². The third kappa shape index (κ3) is 11.5. The molecule has 0 aliphatic heterocycles. The number of allylic oxidation sites excluding steroid dienone is 2. The van der Waals surface area contributed by atoms with E-state index in [1.165, 1.54) is 85.0 Å². The average Bonchev–Trinajstić information content (AvgIpc) is 2.80. The smallest absolute Gasteiger partial charge is 0.362 e. The Morgan fingerprint density at radius 3 is 1.26 bits per heavy atom. The molecule has 0 bridgehead atoms. The fourth-order valence-electron chi connectivity index (χ4n) is 4.85. The number of rotatable bonds is 22. The Hall–Kier alpha value is -1.89. The van der Waals surface area contributed by atoms with E-state index in [4.69, 9.17) is 0 Å². The summed E-state index contributed by atoms with van der Waals surface area (Å²) in [6.07, 6.45) is 20.8. The maximum absolute atomic E-state index is 11.8. The van der Waals surface area contributed by atoms with Gasteiger partial charge in [-0.05, 0) is 40.0 Å². The van der Waals surface area contributed by atoms with E-state index in [0.29, 0.717) is 12.8 Å². The predicted molar refractivity (Wildman–Crippen MR) is 136 cm³/mol. The molecule has 0 aromatic heterocycles. The lowest BCUT2D eigenvalue weighted by atomic mass is 10.0. The lowest BCUT2D eigenvalue weighted by Gasteiger charge is -2.47. The van der Waals surface area contributed by atoms with Crippen molar-refractivity contribution in [1.29, 1.82) is 0 Å². The van der Waals surface area contributed by atoms with Gasteiger partial charge >= 0.3 is 17.9 Å². The summed E-state index contributed by atoms with van der Waals surface area (Å²) < 4.78 is -0.507. The van der Waals surface area contributed by atoms with Crippen LogP contribution in [0.4, 0.5) is 0 Å². The molecule has 0 radical (unpaired) electrons. The molecule has 3 N–H and O–H groups in total. The van der Waals surface area contributed by atoms with Crippen molar-refractivity contribution in [2.75, 3.05) is 6.54 Å². The Bertz CT molecular complexity index is 568. The van der Waals surface area contributed by atoms with Crippen molar-refractivity contribution in [2.24, 2.45) is 0 Å². The first-order valence-electron chi connectivity index (χ1n) is 13.3. The van der Waals surface area contributed by atoms with Crippen LogP contribution in [0.5, 0.6) is 0 Å². The summed E-state index contributed by atoms with van der Waals surface area (Å²) in [5.41, 5.74) is 0. The Labute approximate surface area is 206 Å². The molecule has 0 saturated carbocycles. The number of unbranched alkanes of at least 4 members (excludes halogenated alkanes) is 12. The first-order valence-corrected chi connectivity index (χ1v) is 13.3. The summed E-state index contributed by atoms with van der Waals surface area (Å²) >= 11 is 0. The van der Waals surface area contributed by atoms with Crippen molar-refractivity contribution >= 4 is 17.9 Å². The maximum atomic E-state index is 11.8. The van der Waals surface area contributed by atoms with Gasteiger partial charge in [-0.3, -0.25) is 4.48 Å². The largest absolute Gasteiger partial charge is 0.477 e. The first kappa shape index (κ1) is 32.1. The maximum Gasteiger partial charge on any atom is 0.362 e. The van der Waals surface area contributed by atoms with Crippen molar-refractivity contribution in [3.8, 4) is 0 Å². The quantitative estimate of drug-likeness (QED) is 0.0950. The van der Waals surface area contributed by atoms with E-state index in [2.05, 4.69) is 13.0 Å². The standard InChI is InChI=1S/C27H49NO6/c1-5-6-7-8-9-10-11-12-13-14-15-16-17-18-19-20-21-28(22(2)25(29)30,23(3)26(31)32)24(4)27(33)34/h17-18,22-24H,5-16,19-21H2,1-4H3,(H2-,29,30,31,32,33,34)/p+1/b18-17+. The zero-order valence-corrected chi connectivity index (χ0v) is 22.0. The number of nitrogens with zero attached hydrogens (tertiary/aromatic N) is 1. The molecular weight excluding hydrogens is 434 g/mol. The molecule has 0 aliphatic carbocycles. The molecule has 0 saturated heterocycles. The summed E-state index contributed by atoms with van der Waals surface area (Å²) in [6.45, 7) is 6.64. The monoisotopic (exact) mass is 484 g/mol. The van der Waals surface area contributed by atoms with Crippen LogP contribution in [0.25, 0.3) is 0 Å². The molecule has 3 unspecified atom stereocenters. The van der Waals surface area contributed by atoms with E-state index in [1.54, 1.807) is 0 Å². The Kier molecular flexibility index (Phi) is 17.4. The van der Waals surface area contributed by atoms with Gasteiger partial charge in [-0.1, -0.05) is 83.3 Å². The van der Waals surface area contributed by atoms with Gasteiger partial charge in [-0.15, -0.1) is 0 Å². The fourth-order valence-corrected chi connectivity index (χ4v) is 4.85. The molecule has 0 spiro atoms. The molecule has 7 heteroatoms. The number of aliphatic carboxylic acids is 3. The highest BCUT2D eigenvalue weighted by Crippen LogP contribution is 2.27. The second-order valence-electron chi connectivity index (χ2n) is 9.70. The summed E-state index contributed by atoms with van der Waals surface area (Å²) in [7, 11) is 0. The number of carboxylic acid groups (broad SMARTS) is 3. The number of hydrogen-bond acceptors (Lipinski definition) is 3. The molecule has 0 aliphatic rings. The minimum absolute atomic E-state index is 0.178. The van der Waals surface area contributed by atoms with Gasteiger partial charge in [0.1, 0.15) is 0 Å². The van der Waals surface area contributed by atoms with Gasteiger partial charge in [0.05, 0.1) is 6.54 Å². The molecule has 0 amide bonds. The summed E-state index contributed by atoms with van der Waals surface area (Å²) in [5.74, 6) is -3.56. The van der Waals surface area contributed by atoms with Crippen LogP contribution >= 0.6 is 0 Å². The van der Waals surface area contributed by atoms with E-state index in [1.807, 2.05) is 6.08 Å². The molecule has 0 heterocycles. The van der Waals surface area contributed by atoms with Crippen molar-refractivity contribution in [2.45, 2.75) is 136 Å². The Balaban J connectivity index is 4.43. The Morgan fingerprint density at radius 2 is 0.912 bits per heavy atom. The molecule has 198 valence electrons. The van der Waals surface area contributed by atoms with Crippen molar-refractivity contribution in [3.63, 3.8) is 0 Å². The van der Waals surface area contributed by atoms with Gasteiger partial charge in [0, 0.05) is 6.42 Å². The van der Waals surface area contributed by atoms with Crippen LogP contribution in [-0.4, -0.2) is 62.4 Å². The lowest BCUT2D eigenvalue weighted by molar-refractivity contribution is -0.968. The molecule has 7 nitrogen and oxygen atoms in total. The van der Waals surface area contributed by atoms with E-state index in [0.717, 1.165) is 12.8 Å². The van der Waals surface area contributed by atoms with Gasteiger partial charge in [-0.2, -0.15) is 0 Å². The van der Waals surface area contributed by atoms with Crippen LogP contribution in [0.1, 0.15) is 118 Å². The highest BCUT2D eigenvalue weighted by Gasteiger charge is 2.52. The van der Waals surface area contributed by atoms with E-state index < -0.39 is 40.5 Å². The van der Waals surface area contributed by atoms with Crippen LogP contribution < -0.4 is 0 Å². The topological polar surface area (TPSA) is 112 Å². The SMILES string of the molecule is CCCCCCCCCCCCC/C=C/CCC[N+](C(C)C(=O)O)(C(C)C(=O)O)C(C)C(=O)O. The van der Waals surface area contributed by atoms with Gasteiger partial charge < -0.3 is 15.3 Å². The second kappa shape index (κ2) is 18.4. The lowest BCUT2D eigenvalue weighted by Crippen LogP contribution is -2.70. The third-order valence-electron chi connectivity index (χ3n) is 7.29. The summed E-state index contributed by atoms with van der Waals surface area (Å²) in [5, 5.41) is 28.8. The molecule has 0 rings (SSSR count).